The largest absolute Gasteiger partial charge is 0.472 e. The number of carbonyl (C=O) groups is 4. The van der Waals surface area contributed by atoms with Gasteiger partial charge in [0, 0.05) is 25.7 Å². The number of hydrogen-bond acceptors (Lipinski definition) is 15. The van der Waals surface area contributed by atoms with Crippen LogP contribution in [0.5, 0.6) is 0 Å². The maximum absolute atomic E-state index is 13.0. The summed E-state index contributed by atoms with van der Waals surface area (Å²) in [6, 6.07) is 0. The Hall–Kier alpha value is -1.94. The summed E-state index contributed by atoms with van der Waals surface area (Å²) < 4.78 is 68.3. The Morgan fingerprint density at radius 2 is 0.527 bits per heavy atom. The van der Waals surface area contributed by atoms with Crippen molar-refractivity contribution in [3.05, 3.63) is 0 Å². The van der Waals surface area contributed by atoms with Gasteiger partial charge in [0.05, 0.1) is 26.4 Å². The zero-order valence-electron chi connectivity index (χ0n) is 59.5. The highest BCUT2D eigenvalue weighted by Crippen LogP contribution is 2.45. The summed E-state index contributed by atoms with van der Waals surface area (Å²) in [6.07, 6.45) is 44.8. The van der Waals surface area contributed by atoms with Crippen LogP contribution in [-0.4, -0.2) is 96.7 Å². The van der Waals surface area contributed by atoms with Crippen molar-refractivity contribution in [1.82, 2.24) is 0 Å². The van der Waals surface area contributed by atoms with Gasteiger partial charge in [-0.2, -0.15) is 0 Å². The lowest BCUT2D eigenvalue weighted by Gasteiger charge is -2.21. The molecule has 0 saturated carbocycles. The second kappa shape index (κ2) is 61.6. The van der Waals surface area contributed by atoms with Crippen molar-refractivity contribution >= 4 is 39.5 Å². The van der Waals surface area contributed by atoms with E-state index in [1.807, 2.05) is 0 Å². The SMILES string of the molecule is CCC(C)CCCCCCCCC(=O)OC[C@H](COP(=O)(O)OC[C@H](O)COP(=O)(O)OC[C@@H](COC(=O)CCCCCCCCCC(C)C)OC(=O)CCCCCCCCCCCCCCCCCCCCC(C)C)OC(=O)CCCCCCCCC(C)CC. The molecule has 0 aromatic rings. The van der Waals surface area contributed by atoms with Crippen molar-refractivity contribution in [2.45, 2.75) is 375 Å². The number of hydrogen-bond donors (Lipinski definition) is 3. The molecular weight excluding hydrogens is 1200 g/mol. The summed E-state index contributed by atoms with van der Waals surface area (Å²) in [5, 5.41) is 10.6. The molecule has 0 rings (SSSR count). The predicted octanol–water partition coefficient (Wildman–Crippen LogP) is 20.5. The Balaban J connectivity index is 5.17. The van der Waals surface area contributed by atoms with Crippen LogP contribution in [0.3, 0.4) is 0 Å². The Labute approximate surface area is 556 Å². The average Bonchev–Trinajstić information content (AvgIpc) is 3.73. The molecule has 0 aliphatic rings. The number of rotatable bonds is 69. The van der Waals surface area contributed by atoms with E-state index >= 15 is 0 Å². The van der Waals surface area contributed by atoms with Gasteiger partial charge in [-0.1, -0.05) is 306 Å². The molecule has 19 heteroatoms. The van der Waals surface area contributed by atoms with Crippen molar-refractivity contribution in [3.8, 4) is 0 Å². The van der Waals surface area contributed by atoms with Gasteiger partial charge in [-0.25, -0.2) is 9.13 Å². The zero-order valence-corrected chi connectivity index (χ0v) is 61.3. The van der Waals surface area contributed by atoms with Gasteiger partial charge in [0.2, 0.25) is 0 Å². The summed E-state index contributed by atoms with van der Waals surface area (Å²) >= 11 is 0. The van der Waals surface area contributed by atoms with E-state index in [9.17, 15) is 43.2 Å². The Morgan fingerprint density at radius 1 is 0.308 bits per heavy atom. The second-order valence-corrected chi connectivity index (χ2v) is 30.3. The second-order valence-electron chi connectivity index (χ2n) is 27.4. The van der Waals surface area contributed by atoms with Crippen LogP contribution in [0.25, 0.3) is 0 Å². The summed E-state index contributed by atoms with van der Waals surface area (Å²) in [5.41, 5.74) is 0. The normalized spacial score (nSPS) is 14.8. The third-order valence-corrected chi connectivity index (χ3v) is 19.2. The molecule has 3 N–H and O–H groups in total. The number of carbonyl (C=O) groups excluding carboxylic acids is 4. The van der Waals surface area contributed by atoms with Gasteiger partial charge in [-0.05, 0) is 49.4 Å². The monoisotopic (exact) mass is 1340 g/mol. The van der Waals surface area contributed by atoms with Gasteiger partial charge < -0.3 is 33.8 Å². The van der Waals surface area contributed by atoms with E-state index < -0.39 is 97.5 Å². The number of esters is 4. The van der Waals surface area contributed by atoms with Crippen molar-refractivity contribution in [2.24, 2.45) is 23.7 Å². The Bertz CT molecular complexity index is 1800. The first-order valence-corrected chi connectivity index (χ1v) is 40.3. The van der Waals surface area contributed by atoms with Crippen LogP contribution < -0.4 is 0 Å². The predicted molar refractivity (Wildman–Crippen MR) is 367 cm³/mol. The van der Waals surface area contributed by atoms with Crippen LogP contribution in [0.2, 0.25) is 0 Å². The number of phosphoric acid groups is 2. The van der Waals surface area contributed by atoms with Gasteiger partial charge in [-0.15, -0.1) is 0 Å². The molecule has 0 aromatic heterocycles. The lowest BCUT2D eigenvalue weighted by molar-refractivity contribution is -0.161. The fraction of sp³-hybridized carbons (Fsp3) is 0.944. The maximum atomic E-state index is 13.0. The molecule has 0 aliphatic heterocycles. The van der Waals surface area contributed by atoms with Crippen LogP contribution in [0.1, 0.15) is 357 Å². The van der Waals surface area contributed by atoms with E-state index in [4.69, 9.17) is 37.0 Å². The summed E-state index contributed by atoms with van der Waals surface area (Å²) in [5.74, 6) is 0.844. The van der Waals surface area contributed by atoms with Gasteiger partial charge in [-0.3, -0.25) is 37.3 Å². The standard InChI is InChI=1S/C72H140O17P2/c1-9-64(7)50-42-34-28-30-37-45-53-70(75)83-59-68(89-72(77)55-47-39-31-29-35-43-51-65(8)10-2)61-87-91(80,81)85-57-66(73)56-84-90(78,79)86-60-67(58-82-69(74)52-44-36-27-23-25-33-41-49-63(5)6)88-71(76)54-46-38-26-22-20-18-16-14-12-11-13-15-17-19-21-24-32-40-48-62(3)4/h62-68,73H,9-61H2,1-8H3,(H,78,79)(H,80,81)/t64?,65?,66-,67-,68-/m1/s1. The number of ether oxygens (including phenoxy) is 4. The van der Waals surface area contributed by atoms with E-state index in [0.29, 0.717) is 31.6 Å². The number of aliphatic hydroxyl groups is 1. The van der Waals surface area contributed by atoms with Crippen LogP contribution in [0.15, 0.2) is 0 Å². The first kappa shape index (κ1) is 89.1. The van der Waals surface area contributed by atoms with E-state index in [1.165, 1.54) is 148 Å². The molecule has 0 heterocycles. The Kier molecular flexibility index (Phi) is 60.3. The van der Waals surface area contributed by atoms with Crippen LogP contribution in [0, 0.1) is 23.7 Å². The topological polar surface area (TPSA) is 237 Å². The summed E-state index contributed by atoms with van der Waals surface area (Å²) in [7, 11) is -9.90. The molecule has 0 spiro atoms. The van der Waals surface area contributed by atoms with Gasteiger partial charge in [0.15, 0.2) is 12.2 Å². The highest BCUT2D eigenvalue weighted by atomic mass is 31.2. The summed E-state index contributed by atoms with van der Waals surface area (Å²) in [4.78, 5) is 72.5. The molecule has 0 fully saturated rings. The lowest BCUT2D eigenvalue weighted by atomic mass is 10.00. The van der Waals surface area contributed by atoms with Crippen LogP contribution in [0.4, 0.5) is 0 Å². The number of phosphoric ester groups is 2. The maximum Gasteiger partial charge on any atom is 0.472 e. The number of unbranched alkanes of at least 4 members (excludes halogenated alkanes) is 33. The fourth-order valence-corrected chi connectivity index (χ4v) is 12.4. The molecule has 0 aromatic carbocycles. The van der Waals surface area contributed by atoms with Gasteiger partial charge in [0.25, 0.3) is 0 Å². The molecule has 0 saturated heterocycles. The quantitative estimate of drug-likeness (QED) is 0.0222. The molecular formula is C72H140O17P2. The molecule has 7 atom stereocenters. The molecule has 0 amide bonds. The van der Waals surface area contributed by atoms with E-state index in [1.54, 1.807) is 0 Å². The van der Waals surface area contributed by atoms with Gasteiger partial charge in [0.1, 0.15) is 19.3 Å². The zero-order chi connectivity index (χ0) is 67.5. The van der Waals surface area contributed by atoms with Gasteiger partial charge >= 0.3 is 39.5 Å². The van der Waals surface area contributed by atoms with Crippen molar-refractivity contribution < 1.29 is 80.2 Å². The highest BCUT2D eigenvalue weighted by molar-refractivity contribution is 7.47. The molecule has 4 unspecified atom stereocenters. The third kappa shape index (κ3) is 63.9. The minimum absolute atomic E-state index is 0.102. The molecule has 540 valence electrons. The van der Waals surface area contributed by atoms with Crippen molar-refractivity contribution in [1.29, 1.82) is 0 Å². The molecule has 91 heavy (non-hydrogen) atoms. The number of aliphatic hydroxyl groups excluding tert-OH is 1. The minimum atomic E-state index is -4.95. The molecule has 0 aliphatic carbocycles. The van der Waals surface area contributed by atoms with E-state index in [0.717, 1.165) is 120 Å². The first-order valence-electron chi connectivity index (χ1n) is 37.3. The lowest BCUT2D eigenvalue weighted by Crippen LogP contribution is -2.30. The third-order valence-electron chi connectivity index (χ3n) is 17.3. The minimum Gasteiger partial charge on any atom is -0.462 e. The molecule has 0 radical (unpaired) electrons. The molecule has 0 bridgehead atoms. The van der Waals surface area contributed by atoms with Crippen molar-refractivity contribution in [2.75, 3.05) is 39.6 Å². The highest BCUT2D eigenvalue weighted by Gasteiger charge is 2.30. The van der Waals surface area contributed by atoms with Crippen LogP contribution in [-0.2, 0) is 65.4 Å². The summed E-state index contributed by atoms with van der Waals surface area (Å²) in [6.45, 7) is 14.0. The first-order chi connectivity index (χ1) is 43.7. The Morgan fingerprint density at radius 3 is 0.780 bits per heavy atom. The van der Waals surface area contributed by atoms with E-state index in [-0.39, 0.29) is 25.7 Å². The average molecular weight is 1340 g/mol. The van der Waals surface area contributed by atoms with E-state index in [2.05, 4.69) is 55.4 Å². The van der Waals surface area contributed by atoms with Crippen molar-refractivity contribution in [3.63, 3.8) is 0 Å². The van der Waals surface area contributed by atoms with Crippen LogP contribution >= 0.6 is 15.6 Å². The molecule has 17 nitrogen and oxygen atoms in total. The smallest absolute Gasteiger partial charge is 0.462 e. The fourth-order valence-electron chi connectivity index (χ4n) is 10.8.